The predicted molar refractivity (Wildman–Crippen MR) is 101 cm³/mol. The highest BCUT2D eigenvalue weighted by molar-refractivity contribution is 6.08. The maximum Gasteiger partial charge on any atom is 0.187 e. The van der Waals surface area contributed by atoms with E-state index in [-0.39, 0.29) is 11.3 Å². The summed E-state index contributed by atoms with van der Waals surface area (Å²) in [6, 6.07) is 18.0. The van der Waals surface area contributed by atoms with Gasteiger partial charge in [-0.1, -0.05) is 54.6 Å². The summed E-state index contributed by atoms with van der Waals surface area (Å²) in [5, 5.41) is 3.76. The van der Waals surface area contributed by atoms with Crippen LogP contribution in [0, 0.1) is 0 Å². The maximum absolute atomic E-state index is 12.7. The van der Waals surface area contributed by atoms with E-state index in [9.17, 15) is 4.79 Å². The summed E-state index contributed by atoms with van der Waals surface area (Å²) in [5.41, 5.74) is 4.29. The SMILES string of the molecule is CN1CCC2(CC1)Cc1ccccc1/C(=C/C(=O)c1ccccc1)N2. The van der Waals surface area contributed by atoms with Gasteiger partial charge in [-0.25, -0.2) is 0 Å². The average Bonchev–Trinajstić information content (AvgIpc) is 2.65. The van der Waals surface area contributed by atoms with Gasteiger partial charge in [0, 0.05) is 41.5 Å². The van der Waals surface area contributed by atoms with E-state index < -0.39 is 0 Å². The molecule has 1 fully saturated rings. The summed E-state index contributed by atoms with van der Waals surface area (Å²) in [5.74, 6) is 0.0582. The first-order valence-electron chi connectivity index (χ1n) is 9.01. The van der Waals surface area contributed by atoms with Crippen LogP contribution < -0.4 is 5.32 Å². The highest BCUT2D eigenvalue weighted by atomic mass is 16.1. The Kier molecular flexibility index (Phi) is 4.18. The van der Waals surface area contributed by atoms with Crippen LogP contribution in [0.5, 0.6) is 0 Å². The topological polar surface area (TPSA) is 32.3 Å². The van der Waals surface area contributed by atoms with Crippen LogP contribution in [0.15, 0.2) is 60.7 Å². The van der Waals surface area contributed by atoms with Crippen LogP contribution >= 0.6 is 0 Å². The third kappa shape index (κ3) is 3.24. The number of allylic oxidation sites excluding steroid dienone is 1. The molecule has 1 saturated heterocycles. The largest absolute Gasteiger partial charge is 0.379 e. The first kappa shape index (κ1) is 16.1. The molecule has 2 aliphatic heterocycles. The van der Waals surface area contributed by atoms with Crippen molar-refractivity contribution in [3.63, 3.8) is 0 Å². The van der Waals surface area contributed by atoms with Gasteiger partial charge in [0.2, 0.25) is 0 Å². The Morgan fingerprint density at radius 1 is 1.04 bits per heavy atom. The minimum Gasteiger partial charge on any atom is -0.379 e. The van der Waals surface area contributed by atoms with Gasteiger partial charge in [-0.05, 0) is 31.9 Å². The molecule has 3 nitrogen and oxygen atoms in total. The lowest BCUT2D eigenvalue weighted by Crippen LogP contribution is -2.55. The molecule has 2 aromatic rings. The lowest BCUT2D eigenvalue weighted by atomic mass is 9.77. The van der Waals surface area contributed by atoms with E-state index in [1.165, 1.54) is 5.56 Å². The molecule has 25 heavy (non-hydrogen) atoms. The van der Waals surface area contributed by atoms with Crippen molar-refractivity contribution in [1.82, 2.24) is 10.2 Å². The maximum atomic E-state index is 12.7. The number of carbonyl (C=O) groups is 1. The van der Waals surface area contributed by atoms with Gasteiger partial charge in [0.1, 0.15) is 0 Å². The molecule has 2 heterocycles. The zero-order valence-electron chi connectivity index (χ0n) is 14.7. The standard InChI is InChI=1S/C22H24N2O/c1-24-13-11-22(12-14-24)16-18-9-5-6-10-19(18)20(23-22)15-21(25)17-7-3-2-4-8-17/h2-10,15,23H,11-14,16H2,1H3/b20-15-. The third-order valence-corrected chi connectivity index (χ3v) is 5.51. The Bertz CT molecular complexity index is 802. The molecule has 0 saturated carbocycles. The molecule has 0 bridgehead atoms. The lowest BCUT2D eigenvalue weighted by molar-refractivity contribution is 0.104. The number of piperidine rings is 1. The Balaban J connectivity index is 1.70. The molecule has 3 heteroatoms. The molecule has 1 spiro atoms. The van der Waals surface area contributed by atoms with Crippen molar-refractivity contribution in [2.45, 2.75) is 24.8 Å². The molecule has 128 valence electrons. The normalized spacial score (nSPS) is 20.9. The summed E-state index contributed by atoms with van der Waals surface area (Å²) in [7, 11) is 2.18. The molecule has 0 aromatic heterocycles. The van der Waals surface area contributed by atoms with Crippen LogP contribution in [0.2, 0.25) is 0 Å². The smallest absolute Gasteiger partial charge is 0.187 e. The number of fused-ring (bicyclic) bond motifs is 1. The van der Waals surface area contributed by atoms with E-state index in [0.29, 0.717) is 0 Å². The predicted octanol–water partition coefficient (Wildman–Crippen LogP) is 3.52. The Morgan fingerprint density at radius 3 is 2.48 bits per heavy atom. The molecular weight excluding hydrogens is 308 g/mol. The van der Waals surface area contributed by atoms with Crippen molar-refractivity contribution in [2.75, 3.05) is 20.1 Å². The van der Waals surface area contributed by atoms with E-state index in [0.717, 1.165) is 49.2 Å². The second kappa shape index (κ2) is 6.49. The van der Waals surface area contributed by atoms with E-state index >= 15 is 0 Å². The average molecular weight is 332 g/mol. The lowest BCUT2D eigenvalue weighted by Gasteiger charge is -2.46. The van der Waals surface area contributed by atoms with Gasteiger partial charge in [0.25, 0.3) is 0 Å². The number of nitrogens with one attached hydrogen (secondary N) is 1. The molecule has 0 aliphatic carbocycles. The van der Waals surface area contributed by atoms with E-state index in [2.05, 4.69) is 35.5 Å². The minimum atomic E-state index is 0.0582. The van der Waals surface area contributed by atoms with Gasteiger partial charge in [-0.2, -0.15) is 0 Å². The number of likely N-dealkylation sites (tertiary alicyclic amines) is 1. The van der Waals surface area contributed by atoms with Crippen molar-refractivity contribution < 1.29 is 4.79 Å². The fraction of sp³-hybridized carbons (Fsp3) is 0.318. The Labute approximate surface area is 149 Å². The van der Waals surface area contributed by atoms with Crippen molar-refractivity contribution >= 4 is 11.5 Å². The second-order valence-electron chi connectivity index (χ2n) is 7.33. The van der Waals surface area contributed by atoms with Gasteiger partial charge in [-0.15, -0.1) is 0 Å². The number of benzene rings is 2. The van der Waals surface area contributed by atoms with Gasteiger partial charge >= 0.3 is 0 Å². The van der Waals surface area contributed by atoms with Gasteiger partial charge < -0.3 is 10.2 Å². The molecule has 2 aliphatic rings. The molecule has 2 aromatic carbocycles. The Hall–Kier alpha value is -2.39. The number of rotatable bonds is 2. The van der Waals surface area contributed by atoms with Crippen molar-refractivity contribution in [3.05, 3.63) is 77.4 Å². The number of ketones is 1. The zero-order chi connectivity index (χ0) is 17.3. The zero-order valence-corrected chi connectivity index (χ0v) is 14.7. The van der Waals surface area contributed by atoms with Crippen LogP contribution in [-0.4, -0.2) is 36.4 Å². The van der Waals surface area contributed by atoms with Crippen molar-refractivity contribution in [3.8, 4) is 0 Å². The van der Waals surface area contributed by atoms with E-state index in [1.807, 2.05) is 36.4 Å². The van der Waals surface area contributed by atoms with Crippen LogP contribution in [0.1, 0.15) is 34.3 Å². The molecule has 0 unspecified atom stereocenters. The summed E-state index contributed by atoms with van der Waals surface area (Å²) >= 11 is 0. The van der Waals surface area contributed by atoms with Crippen LogP contribution in [-0.2, 0) is 6.42 Å². The molecule has 0 amide bonds. The summed E-state index contributed by atoms with van der Waals surface area (Å²) in [6.07, 6.45) is 5.03. The molecule has 4 rings (SSSR count). The van der Waals surface area contributed by atoms with Crippen molar-refractivity contribution in [1.29, 1.82) is 0 Å². The second-order valence-corrected chi connectivity index (χ2v) is 7.33. The van der Waals surface area contributed by atoms with Gasteiger partial charge in [0.05, 0.1) is 0 Å². The number of nitrogens with zero attached hydrogens (tertiary/aromatic N) is 1. The van der Waals surface area contributed by atoms with E-state index in [1.54, 1.807) is 6.08 Å². The number of hydrogen-bond donors (Lipinski definition) is 1. The highest BCUT2D eigenvalue weighted by Crippen LogP contribution is 2.35. The van der Waals surface area contributed by atoms with Crippen molar-refractivity contribution in [2.24, 2.45) is 0 Å². The monoisotopic (exact) mass is 332 g/mol. The van der Waals surface area contributed by atoms with Gasteiger partial charge in [0.15, 0.2) is 5.78 Å². The molecule has 0 atom stereocenters. The molecule has 1 N–H and O–H groups in total. The van der Waals surface area contributed by atoms with Gasteiger partial charge in [-0.3, -0.25) is 4.79 Å². The number of hydrogen-bond acceptors (Lipinski definition) is 3. The number of carbonyl (C=O) groups excluding carboxylic acids is 1. The summed E-state index contributed by atoms with van der Waals surface area (Å²) < 4.78 is 0. The van der Waals surface area contributed by atoms with Crippen LogP contribution in [0.3, 0.4) is 0 Å². The minimum absolute atomic E-state index is 0.0582. The summed E-state index contributed by atoms with van der Waals surface area (Å²) in [6.45, 7) is 2.18. The summed E-state index contributed by atoms with van der Waals surface area (Å²) in [4.78, 5) is 15.1. The highest BCUT2D eigenvalue weighted by Gasteiger charge is 2.38. The third-order valence-electron chi connectivity index (χ3n) is 5.51. The molecular formula is C22H24N2O. The first-order chi connectivity index (χ1) is 12.2. The Morgan fingerprint density at radius 2 is 1.72 bits per heavy atom. The quantitative estimate of drug-likeness (QED) is 0.675. The van der Waals surface area contributed by atoms with Crippen LogP contribution in [0.4, 0.5) is 0 Å². The molecule has 0 radical (unpaired) electrons. The fourth-order valence-corrected chi connectivity index (χ4v) is 3.98. The van der Waals surface area contributed by atoms with Crippen LogP contribution in [0.25, 0.3) is 5.70 Å². The van der Waals surface area contributed by atoms with E-state index in [4.69, 9.17) is 0 Å². The first-order valence-corrected chi connectivity index (χ1v) is 9.01. The fourth-order valence-electron chi connectivity index (χ4n) is 3.98.